The number of anilines is 1. The van der Waals surface area contributed by atoms with Crippen LogP contribution in [0.3, 0.4) is 0 Å². The summed E-state index contributed by atoms with van der Waals surface area (Å²) in [6.07, 6.45) is 6.39. The van der Waals surface area contributed by atoms with Crippen LogP contribution in [0.25, 0.3) is 0 Å². The highest BCUT2D eigenvalue weighted by Gasteiger charge is 2.40. The van der Waals surface area contributed by atoms with E-state index in [-0.39, 0.29) is 23.7 Å². The van der Waals surface area contributed by atoms with Gasteiger partial charge in [-0.3, -0.25) is 14.4 Å². The van der Waals surface area contributed by atoms with Gasteiger partial charge in [0.2, 0.25) is 6.41 Å². The van der Waals surface area contributed by atoms with Crippen LogP contribution in [-0.4, -0.2) is 73.1 Å². The van der Waals surface area contributed by atoms with Crippen molar-refractivity contribution in [2.75, 3.05) is 44.4 Å². The lowest BCUT2D eigenvalue weighted by Crippen LogP contribution is -2.48. The lowest BCUT2D eigenvalue weighted by Gasteiger charge is -2.37. The molecule has 3 amide bonds. The number of rotatable bonds is 8. The fourth-order valence-corrected chi connectivity index (χ4v) is 5.40. The van der Waals surface area contributed by atoms with Crippen molar-refractivity contribution in [1.29, 1.82) is 0 Å². The van der Waals surface area contributed by atoms with Crippen molar-refractivity contribution in [2.24, 2.45) is 16.9 Å². The molecule has 2 aliphatic heterocycles. The second-order valence-electron chi connectivity index (χ2n) is 9.80. The molecular formula is C30H34N4O5. The van der Waals surface area contributed by atoms with Crippen LogP contribution in [0.15, 0.2) is 59.7 Å². The third-order valence-corrected chi connectivity index (χ3v) is 7.47. The molecule has 2 aromatic rings. The van der Waals surface area contributed by atoms with Crippen LogP contribution in [0.2, 0.25) is 0 Å². The number of hydrazone groups is 1. The van der Waals surface area contributed by atoms with Gasteiger partial charge in [-0.25, -0.2) is 5.01 Å². The smallest absolute Gasteiger partial charge is 0.253 e. The quantitative estimate of drug-likeness (QED) is 0.383. The van der Waals surface area contributed by atoms with Gasteiger partial charge in [0.25, 0.3) is 11.8 Å². The first-order valence-corrected chi connectivity index (χ1v) is 13.6. The van der Waals surface area contributed by atoms with Crippen molar-refractivity contribution in [1.82, 2.24) is 9.80 Å². The van der Waals surface area contributed by atoms with Crippen LogP contribution >= 0.6 is 0 Å². The predicted molar refractivity (Wildman–Crippen MR) is 148 cm³/mol. The molecule has 0 aromatic heterocycles. The molecule has 1 saturated heterocycles. The average molecular weight is 531 g/mol. The van der Waals surface area contributed by atoms with E-state index in [2.05, 4.69) is 12.2 Å². The molecule has 1 aliphatic carbocycles. The SMILES string of the molecule is CCOc1ccc(C2=NN(c3ccc(C(=O)N4CCN(C=O)CC4)cc3)C(=O)[C@@H]3CC=CC[C@H]23)cc1OCC. The summed E-state index contributed by atoms with van der Waals surface area (Å²) in [6, 6.07) is 12.8. The molecule has 9 heteroatoms. The number of fused-ring (bicyclic) bond motifs is 1. The van der Waals surface area contributed by atoms with Crippen LogP contribution in [0, 0.1) is 11.8 Å². The molecule has 0 N–H and O–H groups in total. The molecule has 9 nitrogen and oxygen atoms in total. The summed E-state index contributed by atoms with van der Waals surface area (Å²) in [6.45, 7) is 6.96. The lowest BCUT2D eigenvalue weighted by atomic mass is 9.76. The molecule has 0 unspecified atom stereocenters. The maximum Gasteiger partial charge on any atom is 0.253 e. The van der Waals surface area contributed by atoms with Gasteiger partial charge in [0.1, 0.15) is 0 Å². The third-order valence-electron chi connectivity index (χ3n) is 7.47. The number of nitrogens with zero attached hydrogens (tertiary/aromatic N) is 4. The van der Waals surface area contributed by atoms with Crippen molar-refractivity contribution in [3.63, 3.8) is 0 Å². The van der Waals surface area contributed by atoms with Gasteiger partial charge >= 0.3 is 0 Å². The Labute approximate surface area is 228 Å². The summed E-state index contributed by atoms with van der Waals surface area (Å²) >= 11 is 0. The molecule has 0 radical (unpaired) electrons. The van der Waals surface area contributed by atoms with Gasteiger partial charge in [0, 0.05) is 43.2 Å². The van der Waals surface area contributed by atoms with E-state index in [0.29, 0.717) is 68.6 Å². The van der Waals surface area contributed by atoms with E-state index in [9.17, 15) is 14.4 Å². The van der Waals surface area contributed by atoms with Gasteiger partial charge in [0.05, 0.1) is 30.5 Å². The summed E-state index contributed by atoms with van der Waals surface area (Å²) in [4.78, 5) is 41.0. The van der Waals surface area contributed by atoms with E-state index < -0.39 is 0 Å². The Hall–Kier alpha value is -4.14. The Morgan fingerprint density at radius 2 is 1.59 bits per heavy atom. The van der Waals surface area contributed by atoms with Gasteiger partial charge in [-0.1, -0.05) is 12.2 Å². The molecule has 0 bridgehead atoms. The van der Waals surface area contributed by atoms with E-state index in [1.54, 1.807) is 34.1 Å². The molecule has 3 aliphatic rings. The van der Waals surface area contributed by atoms with E-state index in [1.807, 2.05) is 32.0 Å². The second-order valence-corrected chi connectivity index (χ2v) is 9.80. The number of amides is 3. The normalized spacial score (nSPS) is 20.8. The highest BCUT2D eigenvalue weighted by Crippen LogP contribution is 2.38. The van der Waals surface area contributed by atoms with E-state index in [0.717, 1.165) is 24.1 Å². The molecule has 204 valence electrons. The molecular weight excluding hydrogens is 496 g/mol. The van der Waals surface area contributed by atoms with Crippen LogP contribution in [0.4, 0.5) is 5.69 Å². The molecule has 2 atom stereocenters. The zero-order valence-corrected chi connectivity index (χ0v) is 22.4. The summed E-state index contributed by atoms with van der Waals surface area (Å²) in [5, 5.41) is 6.36. The number of benzene rings is 2. The Bertz CT molecular complexity index is 1280. The maximum atomic E-state index is 13.6. The summed E-state index contributed by atoms with van der Waals surface area (Å²) in [7, 11) is 0. The first-order chi connectivity index (χ1) is 19.0. The Morgan fingerprint density at radius 3 is 2.26 bits per heavy atom. The van der Waals surface area contributed by atoms with Crippen LogP contribution in [0.5, 0.6) is 11.5 Å². The lowest BCUT2D eigenvalue weighted by molar-refractivity contribution is -0.124. The Morgan fingerprint density at radius 1 is 0.923 bits per heavy atom. The third kappa shape index (κ3) is 5.39. The predicted octanol–water partition coefficient (Wildman–Crippen LogP) is 3.73. The number of hydrogen-bond acceptors (Lipinski definition) is 6. The number of hydrogen-bond donors (Lipinski definition) is 0. The van der Waals surface area contributed by atoms with E-state index in [1.165, 1.54) is 5.01 Å². The highest BCUT2D eigenvalue weighted by molar-refractivity contribution is 6.11. The largest absolute Gasteiger partial charge is 0.490 e. The minimum Gasteiger partial charge on any atom is -0.490 e. The molecule has 39 heavy (non-hydrogen) atoms. The van der Waals surface area contributed by atoms with E-state index in [4.69, 9.17) is 14.6 Å². The minimum atomic E-state index is -0.222. The number of carbonyl (C=O) groups is 3. The standard InChI is InChI=1S/C30H34N4O5/c1-3-38-26-14-11-22(19-27(26)39-4-2)28-24-7-5-6-8-25(24)30(37)34(31-28)23-12-9-21(10-13-23)29(36)33-17-15-32(20-35)16-18-33/h5-6,9-14,19-20,24-25H,3-4,7-8,15-18H2,1-2H3/t24-,25+/m0/s1. The van der Waals surface area contributed by atoms with Gasteiger partial charge in [0.15, 0.2) is 11.5 Å². The van der Waals surface area contributed by atoms with Gasteiger partial charge < -0.3 is 19.3 Å². The van der Waals surface area contributed by atoms with Gasteiger partial charge in [-0.05, 0) is 69.2 Å². The fourth-order valence-electron chi connectivity index (χ4n) is 5.40. The average Bonchev–Trinajstić information content (AvgIpc) is 2.98. The summed E-state index contributed by atoms with van der Waals surface area (Å²) < 4.78 is 11.6. The van der Waals surface area contributed by atoms with E-state index >= 15 is 0 Å². The zero-order chi connectivity index (χ0) is 27.4. The van der Waals surface area contributed by atoms with Crippen molar-refractivity contribution in [2.45, 2.75) is 26.7 Å². The Balaban J connectivity index is 1.44. The number of piperazine rings is 1. The summed E-state index contributed by atoms with van der Waals surface area (Å²) in [5.41, 5.74) is 2.88. The molecule has 2 aromatic carbocycles. The molecule has 0 spiro atoms. The molecule has 5 rings (SSSR count). The molecule has 2 heterocycles. The first-order valence-electron chi connectivity index (χ1n) is 13.6. The maximum absolute atomic E-state index is 13.6. The first kappa shape index (κ1) is 26.5. The number of carbonyl (C=O) groups excluding carboxylic acids is 3. The second kappa shape index (κ2) is 11.7. The van der Waals surface area contributed by atoms with Crippen molar-refractivity contribution in [3.05, 3.63) is 65.7 Å². The zero-order valence-electron chi connectivity index (χ0n) is 22.4. The van der Waals surface area contributed by atoms with Crippen LogP contribution in [-0.2, 0) is 9.59 Å². The minimum absolute atomic E-state index is 0.0305. The highest BCUT2D eigenvalue weighted by atomic mass is 16.5. The van der Waals surface area contributed by atoms with Crippen molar-refractivity contribution in [3.8, 4) is 11.5 Å². The Kier molecular flexibility index (Phi) is 7.95. The van der Waals surface area contributed by atoms with Crippen LogP contribution in [0.1, 0.15) is 42.6 Å². The monoisotopic (exact) mass is 530 g/mol. The van der Waals surface area contributed by atoms with Gasteiger partial charge in [-0.15, -0.1) is 0 Å². The summed E-state index contributed by atoms with van der Waals surface area (Å²) in [5.74, 6) is 0.949. The van der Waals surface area contributed by atoms with Crippen molar-refractivity contribution < 1.29 is 23.9 Å². The van der Waals surface area contributed by atoms with Crippen molar-refractivity contribution >= 4 is 29.6 Å². The number of allylic oxidation sites excluding steroid dienone is 2. The topological polar surface area (TPSA) is 91.8 Å². The van der Waals surface area contributed by atoms with Crippen LogP contribution < -0.4 is 14.5 Å². The van der Waals surface area contributed by atoms with Gasteiger partial charge in [-0.2, -0.15) is 5.10 Å². The fraction of sp³-hybridized carbons (Fsp3) is 0.400. The number of ether oxygens (including phenoxy) is 2. The molecule has 1 fully saturated rings. The molecule has 0 saturated carbocycles.